The van der Waals surface area contributed by atoms with Crippen molar-refractivity contribution in [3.05, 3.63) is 0 Å². The molecule has 0 heterocycles. The molecular weight excluding hydrogens is 54.0 g/mol. The molecule has 0 bridgehead atoms. The van der Waals surface area contributed by atoms with Crippen LogP contribution >= 0.6 is 0 Å². The zero-order valence-corrected chi connectivity index (χ0v) is 2.40. The van der Waals surface area contributed by atoms with Crippen LogP contribution in [0.5, 0.6) is 0 Å². The van der Waals surface area contributed by atoms with Gasteiger partial charge in [-0.05, 0) is 0 Å². The minimum atomic E-state index is 0.333. The molecule has 0 atom stereocenters. The van der Waals surface area contributed by atoms with E-state index in [9.17, 15) is 0 Å². The number of rotatable bonds is 2. The number of nitrogens with two attached hydrogens (primary N) is 1. The smallest absolute Gasteiger partial charge is 0.210 e. The van der Waals surface area contributed by atoms with Gasteiger partial charge < -0.3 is 10.8 Å². The first kappa shape index (κ1) is 2.18. The van der Waals surface area contributed by atoms with Gasteiger partial charge >= 0.3 is 0 Å². The Labute approximate surface area is 26.7 Å². The van der Waals surface area contributed by atoms with E-state index in [1.807, 2.05) is 0 Å². The predicted octanol–water partition coefficient (Wildman–Crippen LogP) is -1.06. The Morgan fingerprint density at radius 3 is 3.00 bits per heavy atom. The van der Waals surface area contributed by atoms with Crippen molar-refractivity contribution in [1.29, 1.82) is 1.43 Å². The summed E-state index contributed by atoms with van der Waals surface area (Å²) in [5, 5.41) is 3.82. The lowest BCUT2D eigenvalue weighted by Crippen LogP contribution is -2.02. The molecule has 2 heteroatoms. The van der Waals surface area contributed by atoms with Crippen LogP contribution in [-0.2, 0) is 0 Å². The topological polar surface area (TPSA) is 46.2 Å². The van der Waals surface area contributed by atoms with E-state index in [4.69, 9.17) is 7.16 Å². The van der Waals surface area contributed by atoms with Crippen LogP contribution in [0.1, 0.15) is 0 Å². The monoisotopic (exact) mass is 63.1 g/mol. The third-order valence-electron chi connectivity index (χ3n) is 0.118. The summed E-state index contributed by atoms with van der Waals surface area (Å²) in [6, 6.07) is 0. The standard InChI is InChI=1S/C2H7NO/c3-1-2-4/h4H,1-3H2/i4T. The van der Waals surface area contributed by atoms with Crippen molar-refractivity contribution in [1.82, 2.24) is 0 Å². The Hall–Kier alpha value is -0.0800. The van der Waals surface area contributed by atoms with E-state index in [-0.39, 0.29) is 0 Å². The summed E-state index contributed by atoms with van der Waals surface area (Å²) in [5.74, 6) is 0. The maximum absolute atomic E-state index is 6.02. The van der Waals surface area contributed by atoms with Crippen molar-refractivity contribution in [2.24, 2.45) is 5.73 Å². The van der Waals surface area contributed by atoms with Crippen molar-refractivity contribution in [2.45, 2.75) is 0 Å². The summed E-state index contributed by atoms with van der Waals surface area (Å²) in [5.41, 5.74) is 4.89. The van der Waals surface area contributed by atoms with E-state index in [2.05, 4.69) is 5.11 Å². The second-order valence-corrected chi connectivity index (χ2v) is 0.493. The fourth-order valence-corrected chi connectivity index (χ4v) is 0. The molecule has 3 N–H and O–H groups in total. The van der Waals surface area contributed by atoms with E-state index in [0.717, 1.165) is 0 Å². The lowest BCUT2D eigenvalue weighted by molar-refractivity contribution is 0.306. The van der Waals surface area contributed by atoms with Gasteiger partial charge in [-0.15, -0.1) is 0 Å². The predicted molar refractivity (Wildman–Crippen MR) is 16.1 cm³/mol. The van der Waals surface area contributed by atoms with Gasteiger partial charge in [0, 0.05) is 6.54 Å². The minimum Gasteiger partial charge on any atom is -0.395 e. The van der Waals surface area contributed by atoms with Gasteiger partial charge in [0.05, 0.1) is 6.61 Å². The number of aliphatic hydroxyl groups excluding tert-OH is 1. The van der Waals surface area contributed by atoms with E-state index >= 15 is 0 Å². The van der Waals surface area contributed by atoms with E-state index in [1.165, 1.54) is 0 Å². The molecule has 0 spiro atoms. The van der Waals surface area contributed by atoms with Crippen molar-refractivity contribution >= 4 is 0 Å². The number of hydrogen-bond acceptors (Lipinski definition) is 2. The molecule has 0 fully saturated rings. The minimum absolute atomic E-state index is 0.333. The van der Waals surface area contributed by atoms with Crippen molar-refractivity contribution in [3.63, 3.8) is 0 Å². The molecule has 0 saturated heterocycles. The van der Waals surface area contributed by atoms with Crippen LogP contribution in [0.4, 0.5) is 0 Å². The summed E-state index contributed by atoms with van der Waals surface area (Å²) in [4.78, 5) is 0. The average molecular weight is 63.1 g/mol. The average Bonchev–Trinajstić information content (AvgIpc) is 1.41. The van der Waals surface area contributed by atoms with Crippen LogP contribution in [0, 0.1) is 0 Å². The molecule has 0 aliphatic rings. The molecule has 0 aromatic carbocycles. The quantitative estimate of drug-likeness (QED) is 0.429. The molecule has 0 unspecified atom stereocenters. The van der Waals surface area contributed by atoms with E-state index in [0.29, 0.717) is 13.2 Å². The van der Waals surface area contributed by atoms with Gasteiger partial charge in [0.25, 0.3) is 0 Å². The Balaban J connectivity index is 2.19. The SMILES string of the molecule is [3H]OCCN. The van der Waals surface area contributed by atoms with Crippen LogP contribution in [-0.4, -0.2) is 19.7 Å². The molecular formula is C2H7NO. The van der Waals surface area contributed by atoms with Crippen LogP contribution in [0.3, 0.4) is 0 Å². The van der Waals surface area contributed by atoms with Gasteiger partial charge in [0.2, 0.25) is 1.43 Å². The Morgan fingerprint density at radius 2 is 3.00 bits per heavy atom. The Kier molecular flexibility index (Phi) is 1.59. The fourth-order valence-electron chi connectivity index (χ4n) is 0. The molecule has 2 nitrogen and oxygen atoms in total. The van der Waals surface area contributed by atoms with Crippen LogP contribution in [0.15, 0.2) is 0 Å². The third-order valence-corrected chi connectivity index (χ3v) is 0.118. The molecule has 0 aromatic heterocycles. The van der Waals surface area contributed by atoms with Crippen LogP contribution in [0.25, 0.3) is 0 Å². The largest absolute Gasteiger partial charge is 0.395 e. The molecule has 0 saturated carbocycles. The first-order valence-electron chi connectivity index (χ1n) is 1.61. The van der Waals surface area contributed by atoms with Gasteiger partial charge in [-0.2, -0.15) is 0 Å². The molecule has 0 aromatic rings. The lowest BCUT2D eigenvalue weighted by atomic mass is 10.8. The van der Waals surface area contributed by atoms with Gasteiger partial charge in [-0.1, -0.05) is 0 Å². The summed E-state index contributed by atoms with van der Waals surface area (Å²) < 4.78 is 6.02. The first-order valence-corrected chi connectivity index (χ1v) is 1.20. The lowest BCUT2D eigenvalue weighted by Gasteiger charge is -1.71. The van der Waals surface area contributed by atoms with Gasteiger partial charge in [0.15, 0.2) is 0 Å². The van der Waals surface area contributed by atoms with Crippen molar-refractivity contribution < 1.29 is 5.11 Å². The maximum atomic E-state index is 6.02. The fraction of sp³-hybridized carbons (Fsp3) is 1.00. The summed E-state index contributed by atoms with van der Waals surface area (Å²) in [6.45, 7) is 0.767. The van der Waals surface area contributed by atoms with Gasteiger partial charge in [-0.25, -0.2) is 0 Å². The van der Waals surface area contributed by atoms with Gasteiger partial charge in [-0.3, -0.25) is 0 Å². The van der Waals surface area contributed by atoms with Crippen LogP contribution < -0.4 is 5.73 Å². The second-order valence-electron chi connectivity index (χ2n) is 0.493. The highest BCUT2D eigenvalue weighted by atomic mass is 16.3. The third kappa shape index (κ3) is 1.92. The molecule has 0 amide bonds. The molecule has 0 rings (SSSR count). The molecule has 0 aliphatic carbocycles. The number of aliphatic hydroxyl groups is 1. The second kappa shape index (κ2) is 2.92. The van der Waals surface area contributed by atoms with Crippen LogP contribution in [0.2, 0.25) is 0 Å². The normalized spacial score (nSPS) is 10.8. The van der Waals surface area contributed by atoms with E-state index < -0.39 is 0 Å². The summed E-state index contributed by atoms with van der Waals surface area (Å²) in [7, 11) is 0. The van der Waals surface area contributed by atoms with Crippen molar-refractivity contribution in [3.8, 4) is 0 Å². The highest BCUT2D eigenvalue weighted by molar-refractivity contribution is 4.17. The maximum Gasteiger partial charge on any atom is 0.210 e. The zero-order chi connectivity index (χ0) is 4.12. The highest BCUT2D eigenvalue weighted by Crippen LogP contribution is 1.33. The summed E-state index contributed by atoms with van der Waals surface area (Å²) >= 11 is 0. The Bertz CT molecular complexity index is 17.1. The number of hydrogen-bond donors (Lipinski definition) is 2. The van der Waals surface area contributed by atoms with E-state index in [1.54, 1.807) is 0 Å². The summed E-state index contributed by atoms with van der Waals surface area (Å²) in [6.07, 6.45) is 0. The first-order chi connectivity index (χ1) is 2.41. The Morgan fingerprint density at radius 1 is 2.25 bits per heavy atom. The zero-order valence-electron chi connectivity index (χ0n) is 3.40. The molecule has 26 valence electrons. The molecule has 0 aliphatic heterocycles. The highest BCUT2D eigenvalue weighted by Gasteiger charge is 1.56. The molecule has 4 heavy (non-hydrogen) atoms. The van der Waals surface area contributed by atoms with Crippen molar-refractivity contribution in [2.75, 3.05) is 13.2 Å². The van der Waals surface area contributed by atoms with Gasteiger partial charge in [0.1, 0.15) is 0 Å². The molecule has 0 radical (unpaired) electrons.